The summed E-state index contributed by atoms with van der Waals surface area (Å²) < 4.78 is 2.63. The maximum atomic E-state index is 2.51. The standard InChI is InChI=1S/C67H43NS/c1-3-18-45(19-4-1)50-22-7-8-27-57(50)66-51(46-20-5-2-6-21-46)28-17-32-63(66)68(48-37-34-44(35-38-48)47-36-40-56-55-26-12-16-33-64(55)69-65(56)42-47)49-39-41-62-58(43-49)54-25-11-15-31-61(54)67(62)59-29-13-9-23-52(59)53-24-10-14-30-60(53)67/h1-43H. The predicted octanol–water partition coefficient (Wildman–Crippen LogP) is 18.5. The Morgan fingerprint density at radius 2 is 0.768 bits per heavy atom. The molecule has 0 atom stereocenters. The van der Waals surface area contributed by atoms with E-state index in [1.165, 1.54) is 109 Å². The fourth-order valence-corrected chi connectivity index (χ4v) is 12.9. The molecule has 1 nitrogen and oxygen atoms in total. The van der Waals surface area contributed by atoms with Crippen molar-refractivity contribution in [2.45, 2.75) is 5.41 Å². The summed E-state index contributed by atoms with van der Waals surface area (Å²) in [5.41, 5.74) is 22.9. The Balaban J connectivity index is 1.01. The highest BCUT2D eigenvalue weighted by atomic mass is 32.1. The molecule has 1 aromatic heterocycles. The number of hydrogen-bond donors (Lipinski definition) is 0. The number of thiophene rings is 1. The minimum Gasteiger partial charge on any atom is -0.310 e. The van der Waals surface area contributed by atoms with E-state index in [4.69, 9.17) is 0 Å². The van der Waals surface area contributed by atoms with Crippen molar-refractivity contribution in [3.63, 3.8) is 0 Å². The number of rotatable bonds is 7. The first kappa shape index (κ1) is 39.6. The van der Waals surface area contributed by atoms with Gasteiger partial charge in [-0.15, -0.1) is 11.3 Å². The van der Waals surface area contributed by atoms with Crippen LogP contribution in [0, 0.1) is 0 Å². The second-order valence-corrected chi connectivity index (χ2v) is 19.4. The lowest BCUT2D eigenvalue weighted by Gasteiger charge is -2.32. The quantitative estimate of drug-likeness (QED) is 0.154. The van der Waals surface area contributed by atoms with Crippen molar-refractivity contribution in [3.8, 4) is 66.8 Å². The molecule has 1 heterocycles. The van der Waals surface area contributed by atoms with Gasteiger partial charge in [-0.05, 0) is 126 Å². The van der Waals surface area contributed by atoms with Crippen LogP contribution < -0.4 is 4.90 Å². The Bertz CT molecular complexity index is 3910. The number of anilines is 3. The molecule has 11 aromatic carbocycles. The largest absolute Gasteiger partial charge is 0.310 e. The van der Waals surface area contributed by atoms with Crippen LogP contribution in [0.5, 0.6) is 0 Å². The summed E-state index contributed by atoms with van der Waals surface area (Å²) in [7, 11) is 0. The molecular formula is C67H43NS. The van der Waals surface area contributed by atoms with Gasteiger partial charge in [-0.2, -0.15) is 0 Å². The van der Waals surface area contributed by atoms with Crippen LogP contribution in [0.1, 0.15) is 22.3 Å². The highest BCUT2D eigenvalue weighted by Gasteiger charge is 2.51. The molecule has 0 radical (unpaired) electrons. The Hall–Kier alpha value is -8.56. The molecule has 14 rings (SSSR count). The minimum atomic E-state index is -0.424. The molecule has 0 saturated heterocycles. The van der Waals surface area contributed by atoms with E-state index in [2.05, 4.69) is 266 Å². The van der Waals surface area contributed by atoms with Crippen molar-refractivity contribution in [1.82, 2.24) is 0 Å². The highest BCUT2D eigenvalue weighted by molar-refractivity contribution is 7.25. The van der Waals surface area contributed by atoms with Crippen molar-refractivity contribution in [3.05, 3.63) is 283 Å². The van der Waals surface area contributed by atoms with E-state index in [0.29, 0.717) is 0 Å². The van der Waals surface area contributed by atoms with Crippen LogP contribution in [0.4, 0.5) is 17.1 Å². The molecule has 0 aliphatic heterocycles. The fourth-order valence-electron chi connectivity index (χ4n) is 11.8. The van der Waals surface area contributed by atoms with Gasteiger partial charge in [0.05, 0.1) is 11.1 Å². The van der Waals surface area contributed by atoms with Crippen molar-refractivity contribution in [2.75, 3.05) is 4.90 Å². The first-order valence-corrected chi connectivity index (χ1v) is 24.6. The van der Waals surface area contributed by atoms with Gasteiger partial charge < -0.3 is 4.90 Å². The molecule has 0 bridgehead atoms. The zero-order valence-electron chi connectivity index (χ0n) is 37.7. The SMILES string of the molecule is c1ccc(-c2ccccc2-c2c(-c3ccccc3)cccc2N(c2ccc(-c3ccc4c(c3)sc3ccccc34)cc2)c2ccc3c(c2)-c2ccccc2C32c3ccccc3-c3ccccc32)cc1. The smallest absolute Gasteiger partial charge is 0.0725 e. The maximum Gasteiger partial charge on any atom is 0.0725 e. The van der Waals surface area contributed by atoms with Crippen molar-refractivity contribution < 1.29 is 0 Å². The van der Waals surface area contributed by atoms with Gasteiger partial charge in [0.15, 0.2) is 0 Å². The summed E-state index contributed by atoms with van der Waals surface area (Å²) in [6.07, 6.45) is 0. The molecular weight excluding hydrogens is 851 g/mol. The summed E-state index contributed by atoms with van der Waals surface area (Å²) in [5, 5.41) is 2.63. The Kier molecular flexibility index (Phi) is 9.05. The molecule has 0 amide bonds. The summed E-state index contributed by atoms with van der Waals surface area (Å²) >= 11 is 1.87. The van der Waals surface area contributed by atoms with Crippen molar-refractivity contribution in [1.29, 1.82) is 0 Å². The van der Waals surface area contributed by atoms with E-state index in [1.807, 2.05) is 11.3 Å². The van der Waals surface area contributed by atoms with Gasteiger partial charge >= 0.3 is 0 Å². The first-order chi connectivity index (χ1) is 34.2. The molecule has 1 spiro atoms. The number of benzene rings is 11. The highest BCUT2D eigenvalue weighted by Crippen LogP contribution is 2.63. The number of hydrogen-bond acceptors (Lipinski definition) is 2. The van der Waals surface area contributed by atoms with Gasteiger partial charge in [-0.1, -0.05) is 218 Å². The summed E-state index contributed by atoms with van der Waals surface area (Å²) in [6.45, 7) is 0. The minimum absolute atomic E-state index is 0.424. The monoisotopic (exact) mass is 893 g/mol. The normalized spacial score (nSPS) is 12.8. The van der Waals surface area contributed by atoms with Crippen molar-refractivity contribution >= 4 is 48.6 Å². The molecule has 2 heteroatoms. The zero-order chi connectivity index (χ0) is 45.5. The predicted molar refractivity (Wildman–Crippen MR) is 292 cm³/mol. The molecule has 0 unspecified atom stereocenters. The Morgan fingerprint density at radius 3 is 1.45 bits per heavy atom. The maximum absolute atomic E-state index is 2.51. The zero-order valence-corrected chi connectivity index (χ0v) is 38.5. The van der Waals surface area contributed by atoms with E-state index < -0.39 is 5.41 Å². The van der Waals surface area contributed by atoms with E-state index >= 15 is 0 Å². The van der Waals surface area contributed by atoms with Crippen LogP contribution in [0.3, 0.4) is 0 Å². The average molecular weight is 894 g/mol. The van der Waals surface area contributed by atoms with Crippen LogP contribution in [-0.2, 0) is 5.41 Å². The fraction of sp³-hybridized carbons (Fsp3) is 0.0149. The summed E-state index contributed by atoms with van der Waals surface area (Å²) in [4.78, 5) is 2.51. The van der Waals surface area contributed by atoms with E-state index in [0.717, 1.165) is 17.1 Å². The molecule has 0 saturated carbocycles. The molecule has 0 N–H and O–H groups in total. The van der Waals surface area contributed by atoms with Crippen LogP contribution in [0.2, 0.25) is 0 Å². The van der Waals surface area contributed by atoms with Crippen LogP contribution in [-0.4, -0.2) is 0 Å². The lowest BCUT2D eigenvalue weighted by atomic mass is 9.70. The van der Waals surface area contributed by atoms with E-state index in [1.54, 1.807) is 0 Å². The van der Waals surface area contributed by atoms with E-state index in [-0.39, 0.29) is 0 Å². The molecule has 2 aliphatic rings. The van der Waals surface area contributed by atoms with Gasteiger partial charge in [0.2, 0.25) is 0 Å². The molecule has 0 fully saturated rings. The van der Waals surface area contributed by atoms with Crippen LogP contribution in [0.25, 0.3) is 86.9 Å². The third kappa shape index (κ3) is 6.02. The molecule has 322 valence electrons. The third-order valence-electron chi connectivity index (χ3n) is 14.7. The van der Waals surface area contributed by atoms with Crippen LogP contribution in [0.15, 0.2) is 261 Å². The second kappa shape index (κ2) is 15.8. The van der Waals surface area contributed by atoms with E-state index in [9.17, 15) is 0 Å². The second-order valence-electron chi connectivity index (χ2n) is 18.3. The van der Waals surface area contributed by atoms with Gasteiger partial charge in [0.1, 0.15) is 0 Å². The lowest BCUT2D eigenvalue weighted by Crippen LogP contribution is -2.25. The van der Waals surface area contributed by atoms with Gasteiger partial charge in [0.25, 0.3) is 0 Å². The average Bonchev–Trinajstić information content (AvgIpc) is 4.05. The van der Waals surface area contributed by atoms with Crippen molar-refractivity contribution in [2.24, 2.45) is 0 Å². The van der Waals surface area contributed by atoms with Crippen LogP contribution >= 0.6 is 11.3 Å². The van der Waals surface area contributed by atoms with Gasteiger partial charge in [0, 0.05) is 37.1 Å². The Labute approximate surface area is 406 Å². The summed E-state index contributed by atoms with van der Waals surface area (Å²) in [5.74, 6) is 0. The lowest BCUT2D eigenvalue weighted by molar-refractivity contribution is 0.794. The molecule has 69 heavy (non-hydrogen) atoms. The molecule has 12 aromatic rings. The topological polar surface area (TPSA) is 3.24 Å². The first-order valence-electron chi connectivity index (χ1n) is 23.8. The van der Waals surface area contributed by atoms with Gasteiger partial charge in [-0.3, -0.25) is 0 Å². The van der Waals surface area contributed by atoms with Gasteiger partial charge in [-0.25, -0.2) is 0 Å². The summed E-state index contributed by atoms with van der Waals surface area (Å²) in [6, 6.07) is 96.9. The number of nitrogens with zero attached hydrogens (tertiary/aromatic N) is 1. The Morgan fingerprint density at radius 1 is 0.275 bits per heavy atom. The number of fused-ring (bicyclic) bond motifs is 13. The third-order valence-corrected chi connectivity index (χ3v) is 15.9. The molecule has 2 aliphatic carbocycles.